The van der Waals surface area contributed by atoms with Crippen molar-refractivity contribution < 1.29 is 9.53 Å². The van der Waals surface area contributed by atoms with E-state index in [0.717, 1.165) is 32.5 Å². The number of carbonyl (C=O) groups excluding carboxylic acids is 1. The highest BCUT2D eigenvalue weighted by Crippen LogP contribution is 2.16. The fraction of sp³-hybridized carbons (Fsp3) is 0.909. The Morgan fingerprint density at radius 1 is 1.60 bits per heavy atom. The molecule has 0 aliphatic carbocycles. The van der Waals surface area contributed by atoms with E-state index in [1.54, 1.807) is 0 Å². The van der Waals surface area contributed by atoms with Crippen LogP contribution in [0, 0.1) is 11.8 Å². The predicted octanol–water partition coefficient (Wildman–Crippen LogP) is 0.137. The van der Waals surface area contributed by atoms with Gasteiger partial charge in [-0.15, -0.1) is 0 Å². The first-order valence-corrected chi connectivity index (χ1v) is 5.87. The molecule has 1 amide bonds. The van der Waals surface area contributed by atoms with Gasteiger partial charge in [-0.05, 0) is 31.8 Å². The molecule has 2 fully saturated rings. The summed E-state index contributed by atoms with van der Waals surface area (Å²) in [5.74, 6) is 0.833. The predicted molar refractivity (Wildman–Crippen MR) is 57.5 cm³/mol. The summed E-state index contributed by atoms with van der Waals surface area (Å²) in [5, 5.41) is 6.17. The molecule has 4 nitrogen and oxygen atoms in total. The van der Waals surface area contributed by atoms with Crippen molar-refractivity contribution in [3.05, 3.63) is 0 Å². The van der Waals surface area contributed by atoms with Gasteiger partial charge >= 0.3 is 0 Å². The zero-order valence-corrected chi connectivity index (χ0v) is 9.29. The number of carbonyl (C=O) groups is 1. The third-order valence-electron chi connectivity index (χ3n) is 3.46. The Morgan fingerprint density at radius 3 is 2.93 bits per heavy atom. The SMILES string of the molecule is CC(C(=O)NCC1CCCO1)C1CNC1. The molecular weight excluding hydrogens is 192 g/mol. The lowest BCUT2D eigenvalue weighted by Crippen LogP contribution is -2.50. The first-order valence-electron chi connectivity index (χ1n) is 5.87. The Bertz CT molecular complexity index is 223. The van der Waals surface area contributed by atoms with E-state index < -0.39 is 0 Å². The quantitative estimate of drug-likeness (QED) is 0.697. The molecule has 15 heavy (non-hydrogen) atoms. The van der Waals surface area contributed by atoms with Crippen molar-refractivity contribution in [2.75, 3.05) is 26.2 Å². The molecule has 4 heteroatoms. The Kier molecular flexibility index (Phi) is 3.59. The van der Waals surface area contributed by atoms with Crippen LogP contribution in [0.2, 0.25) is 0 Å². The molecule has 2 unspecified atom stereocenters. The van der Waals surface area contributed by atoms with Crippen molar-refractivity contribution in [1.82, 2.24) is 10.6 Å². The monoisotopic (exact) mass is 212 g/mol. The number of ether oxygens (including phenoxy) is 1. The molecule has 2 rings (SSSR count). The third-order valence-corrected chi connectivity index (χ3v) is 3.46. The average Bonchev–Trinajstić information content (AvgIpc) is 2.63. The molecule has 0 bridgehead atoms. The second-order valence-corrected chi connectivity index (χ2v) is 4.59. The second-order valence-electron chi connectivity index (χ2n) is 4.59. The largest absolute Gasteiger partial charge is 0.376 e. The number of amides is 1. The van der Waals surface area contributed by atoms with Crippen LogP contribution in [0.25, 0.3) is 0 Å². The van der Waals surface area contributed by atoms with Crippen molar-refractivity contribution in [2.45, 2.75) is 25.9 Å². The average molecular weight is 212 g/mol. The van der Waals surface area contributed by atoms with Gasteiger partial charge in [0, 0.05) is 19.1 Å². The van der Waals surface area contributed by atoms with E-state index in [1.165, 1.54) is 0 Å². The van der Waals surface area contributed by atoms with Gasteiger partial charge in [0.1, 0.15) is 0 Å². The molecule has 0 aromatic carbocycles. The Labute approximate surface area is 90.8 Å². The smallest absolute Gasteiger partial charge is 0.223 e. The summed E-state index contributed by atoms with van der Waals surface area (Å²) >= 11 is 0. The fourth-order valence-corrected chi connectivity index (χ4v) is 2.06. The summed E-state index contributed by atoms with van der Waals surface area (Å²) in [6.07, 6.45) is 2.46. The molecule has 0 aromatic rings. The van der Waals surface area contributed by atoms with E-state index in [0.29, 0.717) is 12.5 Å². The summed E-state index contributed by atoms with van der Waals surface area (Å²) < 4.78 is 5.46. The highest BCUT2D eigenvalue weighted by molar-refractivity contribution is 5.78. The molecule has 0 aromatic heterocycles. The van der Waals surface area contributed by atoms with E-state index in [-0.39, 0.29) is 17.9 Å². The molecular formula is C11H20N2O2. The minimum atomic E-state index is 0.132. The normalized spacial score (nSPS) is 28.5. The first kappa shape index (κ1) is 10.9. The molecule has 2 aliphatic rings. The van der Waals surface area contributed by atoms with Crippen LogP contribution in [0.1, 0.15) is 19.8 Å². The lowest BCUT2D eigenvalue weighted by molar-refractivity contribution is -0.127. The molecule has 2 aliphatic heterocycles. The summed E-state index contributed by atoms with van der Waals surface area (Å²) in [6, 6.07) is 0. The van der Waals surface area contributed by atoms with Crippen LogP contribution in [0.5, 0.6) is 0 Å². The van der Waals surface area contributed by atoms with Gasteiger partial charge in [-0.1, -0.05) is 6.92 Å². The molecule has 2 atom stereocenters. The van der Waals surface area contributed by atoms with Crippen molar-refractivity contribution in [3.63, 3.8) is 0 Å². The van der Waals surface area contributed by atoms with E-state index in [1.807, 2.05) is 6.92 Å². The zero-order chi connectivity index (χ0) is 10.7. The molecule has 2 N–H and O–H groups in total. The van der Waals surface area contributed by atoms with E-state index in [2.05, 4.69) is 10.6 Å². The van der Waals surface area contributed by atoms with E-state index >= 15 is 0 Å². The number of rotatable bonds is 4. The van der Waals surface area contributed by atoms with Crippen LogP contribution in [-0.2, 0) is 9.53 Å². The first-order chi connectivity index (χ1) is 7.27. The zero-order valence-electron chi connectivity index (χ0n) is 9.29. The summed E-state index contributed by atoms with van der Waals surface area (Å²) in [4.78, 5) is 11.7. The molecule has 86 valence electrons. The molecule has 2 saturated heterocycles. The van der Waals surface area contributed by atoms with E-state index in [9.17, 15) is 4.79 Å². The topological polar surface area (TPSA) is 50.4 Å². The van der Waals surface area contributed by atoms with Crippen LogP contribution < -0.4 is 10.6 Å². The van der Waals surface area contributed by atoms with Crippen molar-refractivity contribution >= 4 is 5.91 Å². The Morgan fingerprint density at radius 2 is 2.40 bits per heavy atom. The van der Waals surface area contributed by atoms with E-state index in [4.69, 9.17) is 4.74 Å². The standard InChI is InChI=1S/C11H20N2O2/c1-8(9-5-12-6-9)11(14)13-7-10-3-2-4-15-10/h8-10,12H,2-7H2,1H3,(H,13,14). The minimum Gasteiger partial charge on any atom is -0.376 e. The van der Waals surface area contributed by atoms with Gasteiger partial charge in [0.05, 0.1) is 6.10 Å². The maximum atomic E-state index is 11.7. The Hall–Kier alpha value is -0.610. The maximum Gasteiger partial charge on any atom is 0.223 e. The third kappa shape index (κ3) is 2.69. The number of hydrogen-bond donors (Lipinski definition) is 2. The molecule has 0 spiro atoms. The van der Waals surface area contributed by atoms with Gasteiger partial charge in [-0.3, -0.25) is 4.79 Å². The summed E-state index contributed by atoms with van der Waals surface area (Å²) in [6.45, 7) is 5.51. The lowest BCUT2D eigenvalue weighted by atomic mass is 9.88. The van der Waals surface area contributed by atoms with Gasteiger partial charge in [0.15, 0.2) is 0 Å². The van der Waals surface area contributed by atoms with Crippen LogP contribution >= 0.6 is 0 Å². The number of nitrogens with one attached hydrogen (secondary N) is 2. The van der Waals surface area contributed by atoms with Gasteiger partial charge in [-0.25, -0.2) is 0 Å². The maximum absolute atomic E-state index is 11.7. The minimum absolute atomic E-state index is 0.132. The van der Waals surface area contributed by atoms with Crippen molar-refractivity contribution in [3.8, 4) is 0 Å². The van der Waals surface area contributed by atoms with Gasteiger partial charge in [-0.2, -0.15) is 0 Å². The van der Waals surface area contributed by atoms with Crippen molar-refractivity contribution in [1.29, 1.82) is 0 Å². The van der Waals surface area contributed by atoms with Crippen LogP contribution in [-0.4, -0.2) is 38.3 Å². The van der Waals surface area contributed by atoms with Gasteiger partial charge in [0.25, 0.3) is 0 Å². The highest BCUT2D eigenvalue weighted by Gasteiger charge is 2.29. The van der Waals surface area contributed by atoms with Crippen molar-refractivity contribution in [2.24, 2.45) is 11.8 Å². The summed E-state index contributed by atoms with van der Waals surface area (Å²) in [5.41, 5.74) is 0. The van der Waals surface area contributed by atoms with Crippen LogP contribution in [0.15, 0.2) is 0 Å². The van der Waals surface area contributed by atoms with Crippen LogP contribution in [0.3, 0.4) is 0 Å². The number of hydrogen-bond acceptors (Lipinski definition) is 3. The summed E-state index contributed by atoms with van der Waals surface area (Å²) in [7, 11) is 0. The molecule has 0 saturated carbocycles. The molecule has 0 radical (unpaired) electrons. The lowest BCUT2D eigenvalue weighted by Gasteiger charge is -2.31. The molecule has 2 heterocycles. The van der Waals surface area contributed by atoms with Crippen LogP contribution in [0.4, 0.5) is 0 Å². The highest BCUT2D eigenvalue weighted by atomic mass is 16.5. The fourth-order valence-electron chi connectivity index (χ4n) is 2.06. The van der Waals surface area contributed by atoms with Gasteiger partial charge in [0.2, 0.25) is 5.91 Å². The van der Waals surface area contributed by atoms with Gasteiger partial charge < -0.3 is 15.4 Å². The second kappa shape index (κ2) is 4.94. The Balaban J connectivity index is 1.66.